The van der Waals surface area contributed by atoms with Crippen molar-refractivity contribution in [2.75, 3.05) is 0 Å². The number of halogens is 1. The van der Waals surface area contributed by atoms with Crippen molar-refractivity contribution >= 4 is 0 Å². The van der Waals surface area contributed by atoms with E-state index in [0.29, 0.717) is 23.6 Å². The lowest BCUT2D eigenvalue weighted by molar-refractivity contribution is 0.279. The van der Waals surface area contributed by atoms with Crippen LogP contribution in [0.2, 0.25) is 0 Å². The molecule has 104 valence electrons. The van der Waals surface area contributed by atoms with Gasteiger partial charge in [-0.25, -0.2) is 4.39 Å². The Kier molecular flexibility index (Phi) is 2.63. The van der Waals surface area contributed by atoms with Crippen molar-refractivity contribution in [3.05, 3.63) is 36.0 Å². The monoisotopic (exact) mass is 273 g/mol. The third-order valence-corrected chi connectivity index (χ3v) is 4.81. The SMILES string of the molecule is NC1C2CCC(C2)C1c1nc(-c2ccc(F)cc2)no1. The van der Waals surface area contributed by atoms with Crippen molar-refractivity contribution in [2.24, 2.45) is 17.6 Å². The molecule has 0 radical (unpaired) electrons. The Bertz CT molecular complexity index is 622. The molecular weight excluding hydrogens is 257 g/mol. The molecule has 0 amide bonds. The van der Waals surface area contributed by atoms with Gasteiger partial charge in [0.25, 0.3) is 0 Å². The molecule has 20 heavy (non-hydrogen) atoms. The van der Waals surface area contributed by atoms with Gasteiger partial charge in [-0.2, -0.15) is 4.98 Å². The molecule has 4 nitrogen and oxygen atoms in total. The quantitative estimate of drug-likeness (QED) is 0.913. The molecule has 0 spiro atoms. The lowest BCUT2D eigenvalue weighted by Crippen LogP contribution is -2.34. The molecule has 2 fully saturated rings. The van der Waals surface area contributed by atoms with E-state index in [2.05, 4.69) is 10.1 Å². The average molecular weight is 273 g/mol. The molecule has 2 N–H and O–H groups in total. The summed E-state index contributed by atoms with van der Waals surface area (Å²) >= 11 is 0. The summed E-state index contributed by atoms with van der Waals surface area (Å²) in [6.07, 6.45) is 3.61. The van der Waals surface area contributed by atoms with Crippen molar-refractivity contribution in [2.45, 2.75) is 31.2 Å². The van der Waals surface area contributed by atoms with E-state index < -0.39 is 0 Å². The van der Waals surface area contributed by atoms with Gasteiger partial charge in [0.15, 0.2) is 0 Å². The Morgan fingerprint density at radius 3 is 2.60 bits per heavy atom. The van der Waals surface area contributed by atoms with Gasteiger partial charge >= 0.3 is 0 Å². The van der Waals surface area contributed by atoms with Crippen molar-refractivity contribution in [1.29, 1.82) is 0 Å². The molecule has 1 aromatic heterocycles. The first-order valence-corrected chi connectivity index (χ1v) is 7.07. The molecule has 1 heterocycles. The van der Waals surface area contributed by atoms with Gasteiger partial charge in [-0.1, -0.05) is 5.16 Å². The minimum atomic E-state index is -0.271. The summed E-state index contributed by atoms with van der Waals surface area (Å²) in [4.78, 5) is 4.48. The number of hydrogen-bond donors (Lipinski definition) is 1. The molecule has 1 aromatic carbocycles. The number of fused-ring (bicyclic) bond motifs is 2. The van der Waals surface area contributed by atoms with Crippen molar-refractivity contribution < 1.29 is 8.91 Å². The summed E-state index contributed by atoms with van der Waals surface area (Å²) in [6.45, 7) is 0. The fourth-order valence-electron chi connectivity index (χ4n) is 3.79. The molecule has 5 heteroatoms. The zero-order valence-corrected chi connectivity index (χ0v) is 11.0. The number of nitrogens with two attached hydrogens (primary N) is 1. The van der Waals surface area contributed by atoms with Gasteiger partial charge in [0.05, 0.1) is 5.92 Å². The number of nitrogens with zero attached hydrogens (tertiary/aromatic N) is 2. The van der Waals surface area contributed by atoms with Gasteiger partial charge in [-0.05, 0) is 55.4 Å². The van der Waals surface area contributed by atoms with Gasteiger partial charge in [0.1, 0.15) is 5.82 Å². The molecule has 2 aromatic rings. The van der Waals surface area contributed by atoms with Crippen LogP contribution in [0.15, 0.2) is 28.8 Å². The maximum absolute atomic E-state index is 12.9. The van der Waals surface area contributed by atoms with Crippen LogP contribution in [0.4, 0.5) is 4.39 Å². The second-order valence-corrected chi connectivity index (χ2v) is 5.90. The highest BCUT2D eigenvalue weighted by Gasteiger charge is 2.48. The van der Waals surface area contributed by atoms with Gasteiger partial charge in [0, 0.05) is 11.6 Å². The van der Waals surface area contributed by atoms with E-state index in [1.165, 1.54) is 31.4 Å². The summed E-state index contributed by atoms with van der Waals surface area (Å²) in [5.41, 5.74) is 7.05. The molecule has 2 aliphatic rings. The van der Waals surface area contributed by atoms with Crippen LogP contribution in [0.1, 0.15) is 31.1 Å². The predicted molar refractivity (Wildman–Crippen MR) is 71.2 cm³/mol. The van der Waals surface area contributed by atoms with E-state index in [-0.39, 0.29) is 17.8 Å². The number of benzene rings is 1. The van der Waals surface area contributed by atoms with E-state index >= 15 is 0 Å². The Morgan fingerprint density at radius 1 is 1.15 bits per heavy atom. The first kappa shape index (κ1) is 12.0. The predicted octanol–water partition coefficient (Wildman–Crippen LogP) is 2.72. The fraction of sp³-hybridized carbons (Fsp3) is 0.467. The molecule has 2 bridgehead atoms. The van der Waals surface area contributed by atoms with Gasteiger partial charge in [0.2, 0.25) is 11.7 Å². The summed E-state index contributed by atoms with van der Waals surface area (Å²) in [6, 6.07) is 6.24. The molecule has 4 rings (SSSR count). The highest BCUT2D eigenvalue weighted by molar-refractivity contribution is 5.53. The van der Waals surface area contributed by atoms with Crippen molar-refractivity contribution in [3.8, 4) is 11.4 Å². The Labute approximate surface area is 116 Å². The average Bonchev–Trinajstić information content (AvgIpc) is 3.14. The molecule has 4 atom stereocenters. The van der Waals surface area contributed by atoms with Crippen LogP contribution in [0.25, 0.3) is 11.4 Å². The van der Waals surface area contributed by atoms with E-state index in [9.17, 15) is 4.39 Å². The van der Waals surface area contributed by atoms with Gasteiger partial charge in [-0.3, -0.25) is 0 Å². The minimum absolute atomic E-state index is 0.135. The third-order valence-electron chi connectivity index (χ3n) is 4.81. The Balaban J connectivity index is 1.64. The second-order valence-electron chi connectivity index (χ2n) is 5.90. The number of aromatic nitrogens is 2. The summed E-state index contributed by atoms with van der Waals surface area (Å²) < 4.78 is 18.3. The van der Waals surface area contributed by atoms with Crippen molar-refractivity contribution in [3.63, 3.8) is 0 Å². The van der Waals surface area contributed by atoms with E-state index in [0.717, 1.165) is 5.56 Å². The standard InChI is InChI=1S/C15H16FN3O/c16-11-5-3-8(4-6-11)14-18-15(20-19-14)12-9-1-2-10(7-9)13(12)17/h3-6,9-10,12-13H,1-2,7,17H2. The normalized spacial score (nSPS) is 31.9. The lowest BCUT2D eigenvalue weighted by atomic mass is 9.85. The van der Waals surface area contributed by atoms with E-state index in [4.69, 9.17) is 10.3 Å². The summed E-state index contributed by atoms with van der Waals surface area (Å²) in [5.74, 6) is 2.25. The number of rotatable bonds is 2. The minimum Gasteiger partial charge on any atom is -0.339 e. The maximum Gasteiger partial charge on any atom is 0.231 e. The summed E-state index contributed by atoms with van der Waals surface area (Å²) in [5, 5.41) is 4.01. The largest absolute Gasteiger partial charge is 0.339 e. The topological polar surface area (TPSA) is 64.9 Å². The zero-order chi connectivity index (χ0) is 13.7. The number of hydrogen-bond acceptors (Lipinski definition) is 4. The fourth-order valence-corrected chi connectivity index (χ4v) is 3.79. The lowest BCUT2D eigenvalue weighted by Gasteiger charge is -2.24. The smallest absolute Gasteiger partial charge is 0.231 e. The maximum atomic E-state index is 12.9. The Hall–Kier alpha value is -1.75. The highest BCUT2D eigenvalue weighted by Crippen LogP contribution is 2.51. The van der Waals surface area contributed by atoms with Gasteiger partial charge in [-0.15, -0.1) is 0 Å². The van der Waals surface area contributed by atoms with Crippen LogP contribution in [-0.2, 0) is 0 Å². The molecule has 2 aliphatic carbocycles. The molecule has 2 saturated carbocycles. The van der Waals surface area contributed by atoms with Gasteiger partial charge < -0.3 is 10.3 Å². The van der Waals surface area contributed by atoms with Crippen LogP contribution in [0.3, 0.4) is 0 Å². The molecule has 0 saturated heterocycles. The van der Waals surface area contributed by atoms with Crippen LogP contribution >= 0.6 is 0 Å². The van der Waals surface area contributed by atoms with Crippen LogP contribution in [0.5, 0.6) is 0 Å². The van der Waals surface area contributed by atoms with Crippen molar-refractivity contribution in [1.82, 2.24) is 10.1 Å². The molecule has 0 aliphatic heterocycles. The van der Waals surface area contributed by atoms with E-state index in [1.54, 1.807) is 12.1 Å². The van der Waals surface area contributed by atoms with E-state index in [1.807, 2.05) is 0 Å². The first-order valence-electron chi connectivity index (χ1n) is 7.07. The molecule has 4 unspecified atom stereocenters. The highest BCUT2D eigenvalue weighted by atomic mass is 19.1. The summed E-state index contributed by atoms with van der Waals surface area (Å²) in [7, 11) is 0. The zero-order valence-electron chi connectivity index (χ0n) is 11.0. The Morgan fingerprint density at radius 2 is 1.90 bits per heavy atom. The van der Waals surface area contributed by atoms with Crippen LogP contribution in [0, 0.1) is 17.7 Å². The first-order chi connectivity index (χ1) is 9.72. The molecular formula is C15H16FN3O. The van der Waals surface area contributed by atoms with Crippen LogP contribution < -0.4 is 5.73 Å². The second kappa shape index (κ2) is 4.38. The van der Waals surface area contributed by atoms with Crippen LogP contribution in [-0.4, -0.2) is 16.2 Å². The third kappa shape index (κ3) is 1.77.